The number of carbonyl (C=O) groups excluding carboxylic acids is 1. The van der Waals surface area contributed by atoms with Gasteiger partial charge in [-0.1, -0.05) is 47.1 Å². The highest BCUT2D eigenvalue weighted by atomic mass is 35.5. The number of hydrogen-bond acceptors (Lipinski definition) is 7. The summed E-state index contributed by atoms with van der Waals surface area (Å²) in [6, 6.07) is 11.2. The number of thiazole rings is 1. The summed E-state index contributed by atoms with van der Waals surface area (Å²) in [5.41, 5.74) is 4.31. The van der Waals surface area contributed by atoms with Crippen molar-refractivity contribution in [1.29, 1.82) is 0 Å². The van der Waals surface area contributed by atoms with Crippen molar-refractivity contribution < 1.29 is 9.53 Å². The van der Waals surface area contributed by atoms with Crippen molar-refractivity contribution in [2.24, 2.45) is 7.05 Å². The van der Waals surface area contributed by atoms with Gasteiger partial charge in [0.2, 0.25) is 5.91 Å². The number of nitrogens with one attached hydrogen (secondary N) is 1. The molecule has 0 saturated heterocycles. The maximum atomic E-state index is 12.5. The van der Waals surface area contributed by atoms with Crippen LogP contribution < -0.4 is 10.1 Å². The summed E-state index contributed by atoms with van der Waals surface area (Å²) in [5, 5.41) is 15.4. The smallest absolute Gasteiger partial charge is 0.236 e. The topological polar surface area (TPSA) is 81.9 Å². The normalized spacial score (nSPS) is 11.9. The van der Waals surface area contributed by atoms with Gasteiger partial charge in [0.25, 0.3) is 0 Å². The number of ether oxygens (including phenoxy) is 1. The Morgan fingerprint density at radius 1 is 1.17 bits per heavy atom. The summed E-state index contributed by atoms with van der Waals surface area (Å²) in [6.07, 6.45) is -0.425. The number of halogens is 2. The van der Waals surface area contributed by atoms with Crippen LogP contribution in [0, 0.1) is 13.8 Å². The van der Waals surface area contributed by atoms with Crippen molar-refractivity contribution in [3.05, 3.63) is 68.8 Å². The van der Waals surface area contributed by atoms with Gasteiger partial charge in [-0.25, -0.2) is 4.98 Å². The zero-order valence-electron chi connectivity index (χ0n) is 19.5. The van der Waals surface area contributed by atoms with E-state index in [0.717, 1.165) is 11.3 Å². The molecule has 1 amide bonds. The second-order valence-electron chi connectivity index (χ2n) is 7.91. The van der Waals surface area contributed by atoms with Crippen LogP contribution in [0.15, 0.2) is 46.9 Å². The van der Waals surface area contributed by atoms with Crippen molar-refractivity contribution >= 4 is 57.3 Å². The third kappa shape index (κ3) is 6.16. The maximum absolute atomic E-state index is 12.5. The Labute approximate surface area is 221 Å². The molecule has 0 fully saturated rings. The van der Waals surface area contributed by atoms with Crippen molar-refractivity contribution in [1.82, 2.24) is 19.7 Å². The Hall–Kier alpha value is -2.59. The van der Waals surface area contributed by atoms with E-state index in [1.807, 2.05) is 25.4 Å². The molecule has 182 valence electrons. The van der Waals surface area contributed by atoms with E-state index >= 15 is 0 Å². The number of thioether (sulfide) groups is 1. The predicted molar refractivity (Wildman–Crippen MR) is 143 cm³/mol. The van der Waals surface area contributed by atoms with Crippen LogP contribution in [-0.2, 0) is 11.8 Å². The SMILES string of the molecule is Cc1ccc(-c2csc(NC(=O)CSc3nnc(C(C)Oc4cc(Cl)ccc4Cl)n3C)n2)cc1C. The van der Waals surface area contributed by atoms with E-state index in [-0.39, 0.29) is 11.7 Å². The van der Waals surface area contributed by atoms with E-state index in [4.69, 9.17) is 27.9 Å². The quantitative estimate of drug-likeness (QED) is 0.246. The van der Waals surface area contributed by atoms with E-state index in [9.17, 15) is 4.79 Å². The summed E-state index contributed by atoms with van der Waals surface area (Å²) >= 11 is 14.9. The van der Waals surface area contributed by atoms with Gasteiger partial charge in [-0.3, -0.25) is 4.79 Å². The molecule has 0 saturated carbocycles. The van der Waals surface area contributed by atoms with Crippen LogP contribution >= 0.6 is 46.3 Å². The number of anilines is 1. The van der Waals surface area contributed by atoms with E-state index in [0.29, 0.717) is 31.9 Å². The average Bonchev–Trinajstić information content (AvgIpc) is 3.43. The molecule has 0 aliphatic heterocycles. The van der Waals surface area contributed by atoms with Crippen LogP contribution in [0.3, 0.4) is 0 Å². The minimum atomic E-state index is -0.425. The second-order valence-corrected chi connectivity index (χ2v) is 10.6. The fraction of sp³-hybridized carbons (Fsp3) is 0.250. The molecule has 0 spiro atoms. The number of hydrogen-bond donors (Lipinski definition) is 1. The fourth-order valence-electron chi connectivity index (χ4n) is 3.27. The van der Waals surface area contributed by atoms with Crippen LogP contribution in [0.4, 0.5) is 5.13 Å². The standard InChI is InChI=1S/C24H23Cl2N5O2S2/c1-13-5-6-16(9-14(13)2)19-11-34-23(27-19)28-21(32)12-35-24-30-29-22(31(24)4)15(3)33-20-10-17(25)7-8-18(20)26/h5-11,15H,12H2,1-4H3,(H,27,28,32). The molecule has 4 rings (SSSR count). The summed E-state index contributed by atoms with van der Waals surface area (Å²) in [6.45, 7) is 5.99. The molecule has 0 radical (unpaired) electrons. The lowest BCUT2D eigenvalue weighted by Crippen LogP contribution is -2.14. The van der Waals surface area contributed by atoms with Gasteiger partial charge in [0.1, 0.15) is 5.75 Å². The maximum Gasteiger partial charge on any atom is 0.236 e. The van der Waals surface area contributed by atoms with Gasteiger partial charge in [-0.15, -0.1) is 21.5 Å². The Bertz CT molecular complexity index is 1370. The summed E-state index contributed by atoms with van der Waals surface area (Å²) in [5.74, 6) is 1.06. The average molecular weight is 549 g/mol. The number of carbonyl (C=O) groups is 1. The zero-order valence-corrected chi connectivity index (χ0v) is 22.6. The first-order chi connectivity index (χ1) is 16.7. The molecule has 7 nitrogen and oxygen atoms in total. The van der Waals surface area contributed by atoms with Gasteiger partial charge in [0.15, 0.2) is 22.2 Å². The molecule has 1 N–H and O–H groups in total. The molecule has 2 heterocycles. The van der Waals surface area contributed by atoms with E-state index < -0.39 is 6.10 Å². The molecule has 35 heavy (non-hydrogen) atoms. The van der Waals surface area contributed by atoms with Gasteiger partial charge in [-0.2, -0.15) is 0 Å². The van der Waals surface area contributed by atoms with Crippen LogP contribution in [0.2, 0.25) is 10.0 Å². The van der Waals surface area contributed by atoms with Crippen LogP contribution in [0.5, 0.6) is 5.75 Å². The predicted octanol–water partition coefficient (Wildman–Crippen LogP) is 6.73. The molecule has 4 aromatic rings. The minimum Gasteiger partial charge on any atom is -0.481 e. The van der Waals surface area contributed by atoms with Gasteiger partial charge in [0, 0.05) is 29.1 Å². The van der Waals surface area contributed by atoms with Crippen molar-refractivity contribution in [3.63, 3.8) is 0 Å². The molecular formula is C24H23Cl2N5O2S2. The Morgan fingerprint density at radius 2 is 1.97 bits per heavy atom. The number of amides is 1. The number of nitrogens with zero attached hydrogens (tertiary/aromatic N) is 4. The van der Waals surface area contributed by atoms with E-state index in [2.05, 4.69) is 46.5 Å². The highest BCUT2D eigenvalue weighted by Crippen LogP contribution is 2.32. The highest BCUT2D eigenvalue weighted by Gasteiger charge is 2.19. The summed E-state index contributed by atoms with van der Waals surface area (Å²) < 4.78 is 7.72. The first-order valence-electron chi connectivity index (χ1n) is 10.7. The molecule has 2 aromatic carbocycles. The van der Waals surface area contributed by atoms with E-state index in [1.54, 1.807) is 22.8 Å². The highest BCUT2D eigenvalue weighted by molar-refractivity contribution is 7.99. The van der Waals surface area contributed by atoms with E-state index in [1.165, 1.54) is 34.2 Å². The Morgan fingerprint density at radius 3 is 2.74 bits per heavy atom. The van der Waals surface area contributed by atoms with Gasteiger partial charge in [-0.05, 0) is 50.1 Å². The molecule has 1 atom stereocenters. The minimum absolute atomic E-state index is 0.167. The molecule has 0 aliphatic carbocycles. The molecule has 1 unspecified atom stereocenters. The third-order valence-corrected chi connectivity index (χ3v) is 7.64. The fourth-order valence-corrected chi connectivity index (χ4v) is 5.04. The molecule has 0 bridgehead atoms. The summed E-state index contributed by atoms with van der Waals surface area (Å²) in [4.78, 5) is 17.1. The molecule has 0 aliphatic rings. The van der Waals surface area contributed by atoms with Crippen molar-refractivity contribution in [2.75, 3.05) is 11.1 Å². The lowest BCUT2D eigenvalue weighted by Gasteiger charge is -2.15. The lowest BCUT2D eigenvalue weighted by atomic mass is 10.1. The van der Waals surface area contributed by atoms with Gasteiger partial charge in [0.05, 0.1) is 16.5 Å². The lowest BCUT2D eigenvalue weighted by molar-refractivity contribution is -0.113. The largest absolute Gasteiger partial charge is 0.481 e. The third-order valence-electron chi connectivity index (χ3n) is 5.31. The molecule has 11 heteroatoms. The monoisotopic (exact) mass is 547 g/mol. The number of aromatic nitrogens is 4. The van der Waals surface area contributed by atoms with Crippen molar-refractivity contribution in [3.8, 4) is 17.0 Å². The second kappa shape index (κ2) is 11.0. The first kappa shape index (κ1) is 25.5. The number of rotatable bonds is 8. The number of aryl methyl sites for hydroxylation is 2. The van der Waals surface area contributed by atoms with Crippen LogP contribution in [0.25, 0.3) is 11.3 Å². The van der Waals surface area contributed by atoms with Crippen LogP contribution in [-0.4, -0.2) is 31.4 Å². The Kier molecular flexibility index (Phi) is 8.01. The van der Waals surface area contributed by atoms with Crippen molar-refractivity contribution in [2.45, 2.75) is 32.0 Å². The van der Waals surface area contributed by atoms with Gasteiger partial charge >= 0.3 is 0 Å². The van der Waals surface area contributed by atoms with Gasteiger partial charge < -0.3 is 14.6 Å². The molecule has 2 aromatic heterocycles. The Balaban J connectivity index is 1.34. The summed E-state index contributed by atoms with van der Waals surface area (Å²) in [7, 11) is 1.83. The number of benzene rings is 2. The zero-order chi connectivity index (χ0) is 25.1. The first-order valence-corrected chi connectivity index (χ1v) is 13.3. The van der Waals surface area contributed by atoms with Crippen LogP contribution in [0.1, 0.15) is 30.0 Å². The molecular weight excluding hydrogens is 525 g/mol.